The van der Waals surface area contributed by atoms with Gasteiger partial charge >= 0.3 is 0 Å². The van der Waals surface area contributed by atoms with Crippen LogP contribution < -0.4 is 14.8 Å². The summed E-state index contributed by atoms with van der Waals surface area (Å²) in [6.07, 6.45) is 0.348. The summed E-state index contributed by atoms with van der Waals surface area (Å²) in [4.78, 5) is 11.5. The van der Waals surface area contributed by atoms with Gasteiger partial charge in [0.1, 0.15) is 11.5 Å². The molecule has 0 heterocycles. The number of Topliss-reactive ketones (excluding diaryl/α,β-unsaturated/α-hetero) is 1. The number of hydrogen-bond acceptors (Lipinski definition) is 4. The molecule has 1 N–H and O–H groups in total. The van der Waals surface area contributed by atoms with E-state index in [0.29, 0.717) is 18.7 Å². The Labute approximate surface area is 95.6 Å². The second-order valence-electron chi connectivity index (χ2n) is 3.42. The predicted octanol–water partition coefficient (Wildman–Crippen LogP) is 1.03. The molecule has 0 atom stereocenters. The first-order valence-electron chi connectivity index (χ1n) is 5.08. The average Bonchev–Trinajstić information content (AvgIpc) is 2.29. The van der Waals surface area contributed by atoms with E-state index in [-0.39, 0.29) is 5.78 Å². The Morgan fingerprint density at radius 2 is 2.06 bits per heavy atom. The summed E-state index contributed by atoms with van der Waals surface area (Å²) >= 11 is 0. The quantitative estimate of drug-likeness (QED) is 0.782. The van der Waals surface area contributed by atoms with Crippen molar-refractivity contribution in [3.8, 4) is 11.5 Å². The van der Waals surface area contributed by atoms with Crippen LogP contribution in [0, 0.1) is 0 Å². The van der Waals surface area contributed by atoms with Crippen molar-refractivity contribution in [2.24, 2.45) is 0 Å². The summed E-state index contributed by atoms with van der Waals surface area (Å²) in [5.41, 5.74) is 0.849. The highest BCUT2D eigenvalue weighted by Gasteiger charge is 2.09. The summed E-state index contributed by atoms with van der Waals surface area (Å²) in [5.74, 6) is 1.56. The molecule has 0 unspecified atom stereocenters. The lowest BCUT2D eigenvalue weighted by molar-refractivity contribution is -0.117. The first-order valence-corrected chi connectivity index (χ1v) is 5.08. The minimum absolute atomic E-state index is 0.119. The maximum absolute atomic E-state index is 11.5. The standard InChI is InChI=1S/C12H17NO3/c1-13-8-10(14)6-9-7-11(15-2)4-5-12(9)16-3/h4-5,7,13H,6,8H2,1-3H3. The van der Waals surface area contributed by atoms with Gasteiger partial charge in [-0.1, -0.05) is 0 Å². The molecule has 0 saturated heterocycles. The van der Waals surface area contributed by atoms with Gasteiger partial charge in [-0.25, -0.2) is 0 Å². The molecule has 0 aliphatic carbocycles. The zero-order chi connectivity index (χ0) is 12.0. The van der Waals surface area contributed by atoms with E-state index in [4.69, 9.17) is 9.47 Å². The molecule has 0 amide bonds. The third kappa shape index (κ3) is 3.24. The topological polar surface area (TPSA) is 47.6 Å². The van der Waals surface area contributed by atoms with Crippen LogP contribution in [0.25, 0.3) is 0 Å². The van der Waals surface area contributed by atoms with Crippen LogP contribution >= 0.6 is 0 Å². The van der Waals surface area contributed by atoms with Gasteiger partial charge < -0.3 is 14.8 Å². The highest BCUT2D eigenvalue weighted by atomic mass is 16.5. The Bertz CT molecular complexity index is 363. The van der Waals surface area contributed by atoms with Crippen LogP contribution in [0.15, 0.2) is 18.2 Å². The van der Waals surface area contributed by atoms with Crippen molar-refractivity contribution >= 4 is 5.78 Å². The third-order valence-corrected chi connectivity index (χ3v) is 2.25. The molecule has 0 aliphatic heterocycles. The number of ether oxygens (including phenoxy) is 2. The van der Waals surface area contributed by atoms with Gasteiger partial charge in [-0.2, -0.15) is 0 Å². The van der Waals surface area contributed by atoms with Gasteiger partial charge in [-0.3, -0.25) is 4.79 Å². The largest absolute Gasteiger partial charge is 0.497 e. The smallest absolute Gasteiger partial charge is 0.151 e. The number of hydrogen-bond donors (Lipinski definition) is 1. The highest BCUT2D eigenvalue weighted by Crippen LogP contribution is 2.24. The number of carbonyl (C=O) groups excluding carboxylic acids is 1. The van der Waals surface area contributed by atoms with E-state index in [1.165, 1.54) is 0 Å². The van der Waals surface area contributed by atoms with E-state index >= 15 is 0 Å². The van der Waals surface area contributed by atoms with Crippen LogP contribution in [0.1, 0.15) is 5.56 Å². The number of methoxy groups -OCH3 is 2. The normalized spacial score (nSPS) is 9.94. The molecule has 1 rings (SSSR count). The van der Waals surface area contributed by atoms with Crippen molar-refractivity contribution in [2.45, 2.75) is 6.42 Å². The minimum Gasteiger partial charge on any atom is -0.497 e. The zero-order valence-corrected chi connectivity index (χ0v) is 9.87. The fourth-order valence-electron chi connectivity index (χ4n) is 1.49. The number of nitrogens with one attached hydrogen (secondary N) is 1. The lowest BCUT2D eigenvalue weighted by Crippen LogP contribution is -2.20. The molecule has 88 valence electrons. The lowest BCUT2D eigenvalue weighted by atomic mass is 10.1. The third-order valence-electron chi connectivity index (χ3n) is 2.25. The second kappa shape index (κ2) is 6.12. The zero-order valence-electron chi connectivity index (χ0n) is 9.87. The summed E-state index contributed by atoms with van der Waals surface area (Å²) < 4.78 is 10.3. The van der Waals surface area contributed by atoms with E-state index < -0.39 is 0 Å². The monoisotopic (exact) mass is 223 g/mol. The number of benzene rings is 1. The Morgan fingerprint density at radius 3 is 2.62 bits per heavy atom. The average molecular weight is 223 g/mol. The summed E-state index contributed by atoms with van der Waals surface area (Å²) in [6.45, 7) is 0.361. The molecule has 0 saturated carbocycles. The Balaban J connectivity index is 2.86. The van der Waals surface area contributed by atoms with Crippen molar-refractivity contribution in [3.63, 3.8) is 0 Å². The molecule has 0 aromatic heterocycles. The van der Waals surface area contributed by atoms with Gasteiger partial charge in [0.25, 0.3) is 0 Å². The molecular formula is C12H17NO3. The van der Waals surface area contributed by atoms with Gasteiger partial charge in [0, 0.05) is 12.0 Å². The van der Waals surface area contributed by atoms with Gasteiger partial charge in [0.2, 0.25) is 0 Å². The first-order chi connectivity index (χ1) is 7.71. The molecule has 1 aromatic carbocycles. The van der Waals surface area contributed by atoms with Crippen molar-refractivity contribution < 1.29 is 14.3 Å². The molecule has 1 aromatic rings. The summed E-state index contributed by atoms with van der Waals surface area (Å²) in [7, 11) is 4.94. The molecule has 0 fully saturated rings. The minimum atomic E-state index is 0.119. The maximum Gasteiger partial charge on any atom is 0.151 e. The van der Waals surface area contributed by atoms with E-state index in [0.717, 1.165) is 11.3 Å². The van der Waals surface area contributed by atoms with Gasteiger partial charge in [0.15, 0.2) is 5.78 Å². The number of likely N-dealkylation sites (N-methyl/N-ethyl adjacent to an activating group) is 1. The molecular weight excluding hydrogens is 206 g/mol. The van der Waals surface area contributed by atoms with Gasteiger partial charge in [0.05, 0.1) is 20.8 Å². The number of rotatable bonds is 6. The summed E-state index contributed by atoms with van der Waals surface area (Å²) in [5, 5.41) is 2.83. The maximum atomic E-state index is 11.5. The van der Waals surface area contributed by atoms with Gasteiger partial charge in [-0.05, 0) is 25.2 Å². The van der Waals surface area contributed by atoms with Crippen molar-refractivity contribution in [1.29, 1.82) is 0 Å². The van der Waals surface area contributed by atoms with E-state index in [1.807, 2.05) is 12.1 Å². The van der Waals surface area contributed by atoms with E-state index in [1.54, 1.807) is 27.3 Å². The molecule has 0 bridgehead atoms. The van der Waals surface area contributed by atoms with Crippen molar-refractivity contribution in [2.75, 3.05) is 27.8 Å². The lowest BCUT2D eigenvalue weighted by Gasteiger charge is -2.09. The molecule has 4 heteroatoms. The summed E-state index contributed by atoms with van der Waals surface area (Å²) in [6, 6.07) is 5.44. The SMILES string of the molecule is CNCC(=O)Cc1cc(OC)ccc1OC. The van der Waals surface area contributed by atoms with Crippen LogP contribution in [0.2, 0.25) is 0 Å². The van der Waals surface area contributed by atoms with Crippen molar-refractivity contribution in [3.05, 3.63) is 23.8 Å². The fraction of sp³-hybridized carbons (Fsp3) is 0.417. The Morgan fingerprint density at radius 1 is 1.31 bits per heavy atom. The van der Waals surface area contributed by atoms with Crippen LogP contribution in [0.3, 0.4) is 0 Å². The first kappa shape index (κ1) is 12.5. The Hall–Kier alpha value is -1.55. The van der Waals surface area contributed by atoms with Crippen LogP contribution in [0.5, 0.6) is 11.5 Å². The highest BCUT2D eigenvalue weighted by molar-refractivity contribution is 5.83. The molecule has 4 nitrogen and oxygen atoms in total. The molecule has 0 radical (unpaired) electrons. The Kier molecular flexibility index (Phi) is 4.79. The van der Waals surface area contributed by atoms with Crippen LogP contribution in [-0.2, 0) is 11.2 Å². The fourth-order valence-corrected chi connectivity index (χ4v) is 1.49. The van der Waals surface area contributed by atoms with Crippen LogP contribution in [-0.4, -0.2) is 33.6 Å². The molecule has 0 spiro atoms. The predicted molar refractivity (Wildman–Crippen MR) is 62.2 cm³/mol. The van der Waals surface area contributed by atoms with Gasteiger partial charge in [-0.15, -0.1) is 0 Å². The second-order valence-corrected chi connectivity index (χ2v) is 3.42. The van der Waals surface area contributed by atoms with E-state index in [9.17, 15) is 4.79 Å². The molecule has 0 aliphatic rings. The van der Waals surface area contributed by atoms with E-state index in [2.05, 4.69) is 5.32 Å². The van der Waals surface area contributed by atoms with Crippen LogP contribution in [0.4, 0.5) is 0 Å². The van der Waals surface area contributed by atoms with Crippen molar-refractivity contribution in [1.82, 2.24) is 5.32 Å². The number of ketones is 1. The molecule has 16 heavy (non-hydrogen) atoms. The number of carbonyl (C=O) groups is 1.